The molecule has 14 heavy (non-hydrogen) atoms. The van der Waals surface area contributed by atoms with Crippen molar-refractivity contribution in [1.29, 1.82) is 0 Å². The summed E-state index contributed by atoms with van der Waals surface area (Å²) in [5, 5.41) is 0. The highest BCUT2D eigenvalue weighted by atomic mass is 16.5. The second-order valence-electron chi connectivity index (χ2n) is 4.91. The average molecular weight is 195 g/mol. The van der Waals surface area contributed by atoms with E-state index in [0.717, 1.165) is 30.4 Å². The maximum atomic E-state index is 5.76. The monoisotopic (exact) mass is 195 g/mol. The highest BCUT2D eigenvalue weighted by molar-refractivity contribution is 5.17. The van der Waals surface area contributed by atoms with E-state index in [4.69, 9.17) is 9.15 Å². The normalized spacial score (nSPS) is 22.1. The SMILES string of the molecule is Cc1nc2c(o1)CCOC2C(C)(C)C. The lowest BCUT2D eigenvalue weighted by atomic mass is 9.85. The van der Waals surface area contributed by atoms with Crippen molar-refractivity contribution in [2.45, 2.75) is 40.2 Å². The summed E-state index contributed by atoms with van der Waals surface area (Å²) in [5.74, 6) is 1.75. The predicted molar refractivity (Wildman–Crippen MR) is 53.1 cm³/mol. The number of oxazole rings is 1. The van der Waals surface area contributed by atoms with Crippen molar-refractivity contribution < 1.29 is 9.15 Å². The van der Waals surface area contributed by atoms with Crippen molar-refractivity contribution in [3.8, 4) is 0 Å². The Labute approximate surface area is 84.5 Å². The molecule has 1 aliphatic rings. The fourth-order valence-corrected chi connectivity index (χ4v) is 1.88. The Hall–Kier alpha value is -0.830. The van der Waals surface area contributed by atoms with Crippen molar-refractivity contribution in [2.75, 3.05) is 6.61 Å². The first-order valence-electron chi connectivity index (χ1n) is 5.06. The zero-order valence-electron chi connectivity index (χ0n) is 9.26. The van der Waals surface area contributed by atoms with Crippen molar-refractivity contribution >= 4 is 0 Å². The summed E-state index contributed by atoms with van der Waals surface area (Å²) >= 11 is 0. The molecule has 0 bridgehead atoms. The van der Waals surface area contributed by atoms with Crippen LogP contribution in [0.25, 0.3) is 0 Å². The molecule has 0 aliphatic carbocycles. The van der Waals surface area contributed by atoms with Crippen LogP contribution in [0.2, 0.25) is 0 Å². The van der Waals surface area contributed by atoms with Gasteiger partial charge in [0.2, 0.25) is 0 Å². The molecule has 1 aromatic heterocycles. The molecule has 1 aromatic rings. The Morgan fingerprint density at radius 3 is 2.71 bits per heavy atom. The molecule has 0 radical (unpaired) electrons. The van der Waals surface area contributed by atoms with Crippen molar-refractivity contribution in [1.82, 2.24) is 4.98 Å². The molecule has 2 rings (SSSR count). The molecule has 2 heterocycles. The molecule has 0 aromatic carbocycles. The molecular formula is C11H17NO2. The maximum Gasteiger partial charge on any atom is 0.191 e. The second-order valence-corrected chi connectivity index (χ2v) is 4.91. The van der Waals surface area contributed by atoms with Crippen molar-refractivity contribution in [3.05, 3.63) is 17.3 Å². The van der Waals surface area contributed by atoms with Crippen LogP contribution >= 0.6 is 0 Å². The number of fused-ring (bicyclic) bond motifs is 1. The molecule has 3 nitrogen and oxygen atoms in total. The number of rotatable bonds is 0. The predicted octanol–water partition coefficient (Wildman–Crippen LogP) is 2.64. The molecule has 1 unspecified atom stereocenters. The van der Waals surface area contributed by atoms with Crippen LogP contribution in [0.3, 0.4) is 0 Å². The van der Waals surface area contributed by atoms with Crippen LogP contribution in [0, 0.1) is 12.3 Å². The molecule has 1 aliphatic heterocycles. The summed E-state index contributed by atoms with van der Waals surface area (Å²) in [6.45, 7) is 9.12. The van der Waals surface area contributed by atoms with Crippen LogP contribution in [0.5, 0.6) is 0 Å². The summed E-state index contributed by atoms with van der Waals surface area (Å²) in [7, 11) is 0. The van der Waals surface area contributed by atoms with Gasteiger partial charge >= 0.3 is 0 Å². The van der Waals surface area contributed by atoms with E-state index in [1.165, 1.54) is 0 Å². The Kier molecular flexibility index (Phi) is 2.14. The summed E-state index contributed by atoms with van der Waals surface area (Å²) in [6, 6.07) is 0. The minimum atomic E-state index is 0.0729. The second kappa shape index (κ2) is 3.09. The van der Waals surface area contributed by atoms with Crippen LogP contribution < -0.4 is 0 Å². The van der Waals surface area contributed by atoms with Crippen molar-refractivity contribution in [3.63, 3.8) is 0 Å². The van der Waals surface area contributed by atoms with Gasteiger partial charge in [-0.2, -0.15) is 0 Å². The van der Waals surface area contributed by atoms with Gasteiger partial charge in [-0.15, -0.1) is 0 Å². The molecule has 0 N–H and O–H groups in total. The standard InChI is InChI=1S/C11H17NO2/c1-7-12-9-8(14-7)5-6-13-10(9)11(2,3)4/h10H,5-6H2,1-4H3. The highest BCUT2D eigenvalue weighted by Gasteiger charge is 2.35. The third-order valence-electron chi connectivity index (χ3n) is 2.48. The summed E-state index contributed by atoms with van der Waals surface area (Å²) < 4.78 is 11.3. The first kappa shape index (κ1) is 9.71. The van der Waals surface area contributed by atoms with Gasteiger partial charge in [0.1, 0.15) is 17.6 Å². The number of ether oxygens (including phenoxy) is 1. The summed E-state index contributed by atoms with van der Waals surface area (Å²) in [5.41, 5.74) is 1.08. The average Bonchev–Trinajstić information content (AvgIpc) is 2.41. The Balaban J connectivity index is 2.40. The zero-order valence-corrected chi connectivity index (χ0v) is 9.26. The molecule has 3 heteroatoms. The Morgan fingerprint density at radius 2 is 2.07 bits per heavy atom. The zero-order chi connectivity index (χ0) is 10.3. The van der Waals surface area contributed by atoms with Gasteiger partial charge in [0.15, 0.2) is 5.89 Å². The largest absolute Gasteiger partial charge is 0.446 e. The Bertz CT molecular complexity index is 336. The summed E-state index contributed by atoms with van der Waals surface area (Å²) in [6.07, 6.45) is 0.923. The minimum Gasteiger partial charge on any atom is -0.446 e. The smallest absolute Gasteiger partial charge is 0.191 e. The Morgan fingerprint density at radius 1 is 1.36 bits per heavy atom. The lowest BCUT2D eigenvalue weighted by molar-refractivity contribution is -0.0340. The highest BCUT2D eigenvalue weighted by Crippen LogP contribution is 2.39. The quantitative estimate of drug-likeness (QED) is 0.638. The lowest BCUT2D eigenvalue weighted by Crippen LogP contribution is -2.27. The fraction of sp³-hybridized carbons (Fsp3) is 0.727. The number of nitrogens with zero attached hydrogens (tertiary/aromatic N) is 1. The van der Waals surface area contributed by atoms with Crippen LogP contribution in [-0.2, 0) is 11.2 Å². The first-order chi connectivity index (χ1) is 6.48. The van der Waals surface area contributed by atoms with E-state index in [1.54, 1.807) is 0 Å². The topological polar surface area (TPSA) is 35.3 Å². The fourth-order valence-electron chi connectivity index (χ4n) is 1.88. The number of aromatic nitrogens is 1. The number of hydrogen-bond donors (Lipinski definition) is 0. The molecule has 0 spiro atoms. The maximum absolute atomic E-state index is 5.76. The van der Waals surface area contributed by atoms with Gasteiger partial charge < -0.3 is 9.15 Å². The minimum absolute atomic E-state index is 0.0729. The number of aryl methyl sites for hydroxylation is 1. The van der Waals surface area contributed by atoms with Gasteiger partial charge in [-0.25, -0.2) is 4.98 Å². The van der Waals surface area contributed by atoms with E-state index in [1.807, 2.05) is 6.92 Å². The van der Waals surface area contributed by atoms with E-state index < -0.39 is 0 Å². The van der Waals surface area contributed by atoms with Gasteiger partial charge in [0, 0.05) is 13.3 Å². The molecule has 0 saturated heterocycles. The molecule has 0 fully saturated rings. The molecule has 78 valence electrons. The lowest BCUT2D eigenvalue weighted by Gasteiger charge is -2.32. The first-order valence-corrected chi connectivity index (χ1v) is 5.06. The molecule has 0 amide bonds. The third kappa shape index (κ3) is 1.57. The van der Waals surface area contributed by atoms with Gasteiger partial charge in [-0.1, -0.05) is 20.8 Å². The van der Waals surface area contributed by atoms with Crippen molar-refractivity contribution in [2.24, 2.45) is 5.41 Å². The van der Waals surface area contributed by atoms with Crippen LogP contribution in [0.1, 0.15) is 44.2 Å². The van der Waals surface area contributed by atoms with E-state index in [-0.39, 0.29) is 11.5 Å². The van der Waals surface area contributed by atoms with E-state index in [9.17, 15) is 0 Å². The molecule has 0 saturated carbocycles. The van der Waals surface area contributed by atoms with Crippen LogP contribution in [-0.4, -0.2) is 11.6 Å². The van der Waals surface area contributed by atoms with E-state index in [2.05, 4.69) is 25.8 Å². The van der Waals surface area contributed by atoms with E-state index >= 15 is 0 Å². The van der Waals surface area contributed by atoms with E-state index in [0.29, 0.717) is 0 Å². The molecule has 1 atom stereocenters. The van der Waals surface area contributed by atoms with Crippen LogP contribution in [0.4, 0.5) is 0 Å². The number of hydrogen-bond acceptors (Lipinski definition) is 3. The third-order valence-corrected chi connectivity index (χ3v) is 2.48. The molecular weight excluding hydrogens is 178 g/mol. The van der Waals surface area contributed by atoms with Gasteiger partial charge in [-0.3, -0.25) is 0 Å². The van der Waals surface area contributed by atoms with Gasteiger partial charge in [-0.05, 0) is 5.41 Å². The summed E-state index contributed by atoms with van der Waals surface area (Å²) in [4.78, 5) is 4.41. The van der Waals surface area contributed by atoms with Gasteiger partial charge in [0.25, 0.3) is 0 Å². The van der Waals surface area contributed by atoms with Crippen LogP contribution in [0.15, 0.2) is 4.42 Å². The van der Waals surface area contributed by atoms with Gasteiger partial charge in [0.05, 0.1) is 6.61 Å².